The zero-order valence-corrected chi connectivity index (χ0v) is 35.5. The van der Waals surface area contributed by atoms with E-state index in [0.717, 1.165) is 23.2 Å². The van der Waals surface area contributed by atoms with Gasteiger partial charge >= 0.3 is 5.97 Å². The molecular formula is C42H64N4O7Si. The van der Waals surface area contributed by atoms with E-state index in [-0.39, 0.29) is 30.5 Å². The van der Waals surface area contributed by atoms with Crippen LogP contribution in [0.15, 0.2) is 77.1 Å². The van der Waals surface area contributed by atoms with Crippen LogP contribution in [0.5, 0.6) is 0 Å². The minimum absolute atomic E-state index is 0.0429. The molecule has 4 rings (SSSR count). The van der Waals surface area contributed by atoms with Crippen molar-refractivity contribution in [2.75, 3.05) is 27.7 Å². The molecule has 2 aliphatic heterocycles. The summed E-state index contributed by atoms with van der Waals surface area (Å²) in [7, 11) is 2.58. The van der Waals surface area contributed by atoms with E-state index >= 15 is 0 Å². The molecule has 2 aromatic carbocycles. The van der Waals surface area contributed by atoms with Crippen LogP contribution in [0, 0.1) is 17.8 Å². The summed E-state index contributed by atoms with van der Waals surface area (Å²) >= 11 is 0. The van der Waals surface area contributed by atoms with Crippen LogP contribution in [0.1, 0.15) is 88.0 Å². The summed E-state index contributed by atoms with van der Waals surface area (Å²) in [5.74, 6) is -1.42. The molecule has 0 saturated carbocycles. The number of carbonyl (C=O) groups is 1. The van der Waals surface area contributed by atoms with Crippen LogP contribution >= 0.6 is 0 Å². The number of azide groups is 1. The normalized spacial score (nSPS) is 24.8. The van der Waals surface area contributed by atoms with E-state index in [9.17, 15) is 9.59 Å². The lowest BCUT2D eigenvalue weighted by molar-refractivity contribution is -0.286. The Morgan fingerprint density at radius 2 is 1.63 bits per heavy atom. The number of methoxy groups -OCH3 is 1. The van der Waals surface area contributed by atoms with E-state index in [1.165, 1.54) is 0 Å². The summed E-state index contributed by atoms with van der Waals surface area (Å²) in [6.07, 6.45) is 1.29. The monoisotopic (exact) mass is 764 g/mol. The first-order valence-corrected chi connectivity index (χ1v) is 21.2. The van der Waals surface area contributed by atoms with Gasteiger partial charge in [-0.2, -0.15) is 0 Å². The molecule has 1 fully saturated rings. The Kier molecular flexibility index (Phi) is 14.3. The Balaban J connectivity index is 1.68. The molecule has 0 amide bonds. The van der Waals surface area contributed by atoms with Crippen LogP contribution in [0.2, 0.25) is 5.04 Å². The first-order valence-electron chi connectivity index (χ1n) is 19.3. The summed E-state index contributed by atoms with van der Waals surface area (Å²) in [5, 5.41) is 5.41. The van der Waals surface area contributed by atoms with E-state index < -0.39 is 49.0 Å². The van der Waals surface area contributed by atoms with Crippen molar-refractivity contribution in [1.29, 1.82) is 0 Å². The zero-order valence-electron chi connectivity index (χ0n) is 34.5. The third kappa shape index (κ3) is 9.59. The van der Waals surface area contributed by atoms with Gasteiger partial charge in [0.1, 0.15) is 5.76 Å². The fraction of sp³-hybridized carbons (Fsp3) is 0.643. The lowest BCUT2D eigenvalue weighted by Crippen LogP contribution is -2.65. The molecule has 298 valence electrons. The number of carbonyl (C=O) groups excluding carboxylic acids is 1. The van der Waals surface area contributed by atoms with Gasteiger partial charge in [-0.25, -0.2) is 4.79 Å². The van der Waals surface area contributed by atoms with Crippen LogP contribution in [-0.2, 0) is 28.5 Å². The average Bonchev–Trinajstić information content (AvgIpc) is 3.14. The highest BCUT2D eigenvalue weighted by molar-refractivity contribution is 6.98. The van der Waals surface area contributed by atoms with Crippen LogP contribution < -0.4 is 10.4 Å². The molecule has 0 aliphatic carbocycles. The molecule has 2 heterocycles. The van der Waals surface area contributed by atoms with Crippen molar-refractivity contribution in [2.24, 2.45) is 22.9 Å². The maximum atomic E-state index is 13.1. The van der Waals surface area contributed by atoms with Crippen molar-refractivity contribution in [1.82, 2.24) is 4.90 Å². The van der Waals surface area contributed by atoms with Crippen LogP contribution in [-0.4, -0.2) is 87.7 Å². The van der Waals surface area contributed by atoms with Crippen LogP contribution in [0.3, 0.4) is 0 Å². The topological polar surface area (TPSA) is 135 Å². The molecular weight excluding hydrogens is 701 g/mol. The van der Waals surface area contributed by atoms with Crippen molar-refractivity contribution >= 4 is 24.7 Å². The van der Waals surface area contributed by atoms with Crippen molar-refractivity contribution in [3.05, 3.63) is 82.4 Å². The number of esters is 1. The predicted molar refractivity (Wildman–Crippen MR) is 215 cm³/mol. The molecule has 0 radical (unpaired) electrons. The Morgan fingerprint density at radius 1 is 1.06 bits per heavy atom. The molecule has 54 heavy (non-hydrogen) atoms. The zero-order chi connectivity index (χ0) is 40.1. The van der Waals surface area contributed by atoms with E-state index in [4.69, 9.17) is 29.2 Å². The average molecular weight is 765 g/mol. The van der Waals surface area contributed by atoms with Crippen molar-refractivity contribution < 1.29 is 33.3 Å². The molecule has 2 aromatic rings. The quantitative estimate of drug-likeness (QED) is 0.0582. The van der Waals surface area contributed by atoms with Gasteiger partial charge < -0.3 is 33.4 Å². The Hall–Kier alpha value is -3.22. The number of benzene rings is 2. The number of nitrogens with zero attached hydrogens (tertiary/aromatic N) is 4. The summed E-state index contributed by atoms with van der Waals surface area (Å²) in [6, 6.07) is 20.3. The molecule has 0 spiro atoms. The van der Waals surface area contributed by atoms with Gasteiger partial charge in [0.25, 0.3) is 8.32 Å². The largest absolute Gasteiger partial charge is 0.456 e. The fourth-order valence-corrected chi connectivity index (χ4v) is 12.3. The number of hydrogen-bond acceptors (Lipinski definition) is 9. The number of ether oxygens (including phenoxy) is 5. The third-order valence-corrected chi connectivity index (χ3v) is 16.4. The standard InChI is InChI=1S/C42H64N4O7Si/c1-28(23-24-40(5,6)54(48,33-19-15-13-16-20-33)34-21-17-14-18-22-34)26-42(9,49-12)37(30(3)36-31(4)38(47)53-41(7,8)52-36)51-39-29(2)35(46(10)11)25-32(50-39)27-44-45-43/h13-22,28-30,32,35,37,39,48H,23-27H2,1-12H3/t28-,29+,30-,32-,35?,37+,39-,42+/m0/s1. The summed E-state index contributed by atoms with van der Waals surface area (Å²) in [4.78, 5) is 31.0. The number of cyclic esters (lactones) is 1. The predicted octanol–water partition coefficient (Wildman–Crippen LogP) is 7.33. The molecule has 2 aliphatic rings. The van der Waals surface area contributed by atoms with E-state index in [1.54, 1.807) is 27.9 Å². The summed E-state index contributed by atoms with van der Waals surface area (Å²) in [5.41, 5.74) is 8.61. The van der Waals surface area contributed by atoms with Gasteiger partial charge in [0.2, 0.25) is 5.79 Å². The Morgan fingerprint density at radius 3 is 2.15 bits per heavy atom. The maximum Gasteiger partial charge on any atom is 0.340 e. The van der Waals surface area contributed by atoms with Crippen molar-refractivity contribution in [3.8, 4) is 0 Å². The first kappa shape index (κ1) is 43.5. The van der Waals surface area contributed by atoms with E-state index in [0.29, 0.717) is 24.2 Å². The van der Waals surface area contributed by atoms with Gasteiger partial charge in [0.15, 0.2) is 6.29 Å². The summed E-state index contributed by atoms with van der Waals surface area (Å²) < 4.78 is 32.1. The Labute approximate surface area is 324 Å². The van der Waals surface area contributed by atoms with Gasteiger partial charge in [-0.15, -0.1) is 0 Å². The molecule has 8 atom stereocenters. The fourth-order valence-electron chi connectivity index (χ4n) is 8.59. The second-order valence-corrected chi connectivity index (χ2v) is 21.0. The first-order chi connectivity index (χ1) is 25.3. The van der Waals surface area contributed by atoms with Crippen molar-refractivity contribution in [3.63, 3.8) is 0 Å². The van der Waals surface area contributed by atoms with Crippen molar-refractivity contribution in [2.45, 2.75) is 129 Å². The molecule has 1 saturated heterocycles. The van der Waals surface area contributed by atoms with E-state index in [1.807, 2.05) is 57.4 Å². The molecule has 1 unspecified atom stereocenters. The van der Waals surface area contributed by atoms with Gasteiger partial charge in [-0.05, 0) is 74.1 Å². The maximum absolute atomic E-state index is 13.1. The Bertz CT molecular complexity index is 1590. The molecule has 0 bridgehead atoms. The highest BCUT2D eigenvalue weighted by Gasteiger charge is 2.51. The van der Waals surface area contributed by atoms with Gasteiger partial charge in [0.05, 0.1) is 29.9 Å². The van der Waals surface area contributed by atoms with Gasteiger partial charge in [-0.3, -0.25) is 0 Å². The lowest BCUT2D eigenvalue weighted by Gasteiger charge is -2.48. The van der Waals surface area contributed by atoms with E-state index in [2.05, 4.69) is 73.8 Å². The van der Waals surface area contributed by atoms with Gasteiger partial charge in [0, 0.05) is 43.7 Å². The molecule has 1 N–H and O–H groups in total. The molecule has 0 aromatic heterocycles. The minimum Gasteiger partial charge on any atom is -0.456 e. The third-order valence-electron chi connectivity index (χ3n) is 11.8. The van der Waals surface area contributed by atoms with Crippen LogP contribution in [0.25, 0.3) is 10.4 Å². The van der Waals surface area contributed by atoms with Crippen LogP contribution in [0.4, 0.5) is 0 Å². The highest BCUT2D eigenvalue weighted by Crippen LogP contribution is 2.45. The molecule has 11 nitrogen and oxygen atoms in total. The number of rotatable bonds is 17. The number of hydrogen-bond donors (Lipinski definition) is 1. The highest BCUT2D eigenvalue weighted by atomic mass is 28.4. The molecule has 12 heteroatoms. The minimum atomic E-state index is -3.20. The second-order valence-electron chi connectivity index (χ2n) is 17.1. The smallest absolute Gasteiger partial charge is 0.340 e. The summed E-state index contributed by atoms with van der Waals surface area (Å²) in [6.45, 7) is 18.2. The lowest BCUT2D eigenvalue weighted by atomic mass is 9.79. The van der Waals surface area contributed by atoms with Gasteiger partial charge in [-0.1, -0.05) is 107 Å². The second kappa shape index (κ2) is 17.7. The SMILES string of the molecule is CO[C@](C)(C[C@@H](C)CCC(C)(C)[Si](O)(c1ccccc1)c1ccccc1)[C@H](O[C@@H]1O[C@H](CN=[N+]=[N-])CC(N(C)C)[C@H]1C)[C@@H](C)C1=C(C)C(=O)OC(C)(C)O1.